The second-order valence-electron chi connectivity index (χ2n) is 6.01. The van der Waals surface area contributed by atoms with Gasteiger partial charge in [-0.3, -0.25) is 0 Å². The Bertz CT molecular complexity index is 402. The van der Waals surface area contributed by atoms with Gasteiger partial charge in [0, 0.05) is 24.9 Å². The van der Waals surface area contributed by atoms with E-state index in [1.54, 1.807) is 0 Å². The van der Waals surface area contributed by atoms with Crippen LogP contribution in [0.5, 0.6) is 0 Å². The highest BCUT2D eigenvalue weighted by Crippen LogP contribution is 2.40. The molecule has 1 aromatic carbocycles. The third kappa shape index (κ3) is 2.99. The Balaban J connectivity index is 1.54. The lowest BCUT2D eigenvalue weighted by Crippen LogP contribution is -2.49. The molecule has 0 radical (unpaired) electrons. The predicted octanol–water partition coefficient (Wildman–Crippen LogP) is 2.85. The summed E-state index contributed by atoms with van der Waals surface area (Å²) in [6.45, 7) is 4.77. The van der Waals surface area contributed by atoms with Gasteiger partial charge in [-0.25, -0.2) is 0 Å². The zero-order valence-corrected chi connectivity index (χ0v) is 11.7. The van der Waals surface area contributed by atoms with Gasteiger partial charge in [-0.2, -0.15) is 0 Å². The summed E-state index contributed by atoms with van der Waals surface area (Å²) < 4.78 is 11.6. The Hall–Kier alpha value is -0.900. The van der Waals surface area contributed by atoms with E-state index in [1.165, 1.54) is 5.56 Å². The molecule has 1 aliphatic heterocycles. The van der Waals surface area contributed by atoms with Crippen LogP contribution in [0, 0.1) is 0 Å². The van der Waals surface area contributed by atoms with E-state index in [4.69, 9.17) is 9.47 Å². The van der Waals surface area contributed by atoms with Crippen molar-refractivity contribution in [3.8, 4) is 0 Å². The smallest absolute Gasteiger partial charge is 0.168 e. The molecule has 2 fully saturated rings. The molecule has 0 atom stereocenters. The minimum atomic E-state index is -0.256. The van der Waals surface area contributed by atoms with E-state index < -0.39 is 0 Å². The van der Waals surface area contributed by atoms with Crippen LogP contribution < -0.4 is 5.32 Å². The van der Waals surface area contributed by atoms with Crippen LogP contribution in [-0.4, -0.2) is 24.5 Å². The summed E-state index contributed by atoms with van der Waals surface area (Å²) in [7, 11) is 0. The van der Waals surface area contributed by atoms with Crippen LogP contribution >= 0.6 is 0 Å². The van der Waals surface area contributed by atoms with Crippen LogP contribution in [0.2, 0.25) is 0 Å². The molecular formula is C16H23NO2. The van der Waals surface area contributed by atoms with Crippen molar-refractivity contribution < 1.29 is 9.47 Å². The first kappa shape index (κ1) is 13.1. The molecule has 0 bridgehead atoms. The van der Waals surface area contributed by atoms with Crippen molar-refractivity contribution in [2.24, 2.45) is 0 Å². The van der Waals surface area contributed by atoms with Crippen molar-refractivity contribution in [2.75, 3.05) is 13.2 Å². The van der Waals surface area contributed by atoms with E-state index in [0.717, 1.165) is 45.4 Å². The first-order valence-corrected chi connectivity index (χ1v) is 7.27. The maximum atomic E-state index is 5.79. The van der Waals surface area contributed by atoms with Crippen molar-refractivity contribution in [1.29, 1.82) is 0 Å². The van der Waals surface area contributed by atoms with Gasteiger partial charge in [-0.1, -0.05) is 30.3 Å². The highest BCUT2D eigenvalue weighted by Gasteiger charge is 2.44. The normalized spacial score (nSPS) is 24.7. The molecule has 104 valence electrons. The standard InChI is InChI=1S/C16H23NO2/c1-15(17-13-14-5-3-2-4-6-14)7-9-16(10-8-15)18-11-12-19-16/h2-6,17H,7-13H2,1H3. The Labute approximate surface area is 115 Å². The molecule has 3 rings (SSSR count). The number of ether oxygens (including phenoxy) is 2. The van der Waals surface area contributed by atoms with E-state index in [0.29, 0.717) is 0 Å². The lowest BCUT2D eigenvalue weighted by atomic mass is 9.80. The molecule has 0 aromatic heterocycles. The third-order valence-corrected chi connectivity index (χ3v) is 4.49. The van der Waals surface area contributed by atoms with Crippen LogP contribution in [0.1, 0.15) is 38.2 Å². The Morgan fingerprint density at radius 1 is 1.00 bits per heavy atom. The second kappa shape index (κ2) is 5.23. The van der Waals surface area contributed by atoms with Gasteiger partial charge >= 0.3 is 0 Å². The lowest BCUT2D eigenvalue weighted by Gasteiger charge is -2.42. The summed E-state index contributed by atoms with van der Waals surface area (Å²) in [5.74, 6) is -0.256. The van der Waals surface area contributed by atoms with Crippen LogP contribution in [0.15, 0.2) is 30.3 Å². The quantitative estimate of drug-likeness (QED) is 0.907. The first-order chi connectivity index (χ1) is 9.20. The van der Waals surface area contributed by atoms with Gasteiger partial charge in [-0.05, 0) is 25.3 Å². The molecule has 2 aliphatic rings. The summed E-state index contributed by atoms with van der Waals surface area (Å²) in [5, 5.41) is 3.71. The fourth-order valence-electron chi connectivity index (χ4n) is 3.06. The van der Waals surface area contributed by atoms with Crippen molar-refractivity contribution in [3.63, 3.8) is 0 Å². The number of rotatable bonds is 3. The van der Waals surface area contributed by atoms with Gasteiger partial charge < -0.3 is 14.8 Å². The Kier molecular flexibility index (Phi) is 3.61. The van der Waals surface area contributed by atoms with Crippen LogP contribution in [-0.2, 0) is 16.0 Å². The molecule has 1 saturated heterocycles. The lowest BCUT2D eigenvalue weighted by molar-refractivity contribution is -0.185. The highest BCUT2D eigenvalue weighted by molar-refractivity contribution is 5.14. The predicted molar refractivity (Wildman–Crippen MR) is 74.8 cm³/mol. The van der Waals surface area contributed by atoms with Gasteiger partial charge in [0.05, 0.1) is 13.2 Å². The number of nitrogens with one attached hydrogen (secondary N) is 1. The van der Waals surface area contributed by atoms with E-state index >= 15 is 0 Å². The maximum Gasteiger partial charge on any atom is 0.168 e. The Morgan fingerprint density at radius 2 is 1.63 bits per heavy atom. The molecule has 0 amide bonds. The minimum absolute atomic E-state index is 0.205. The summed E-state index contributed by atoms with van der Waals surface area (Å²) in [6, 6.07) is 10.6. The van der Waals surface area contributed by atoms with E-state index in [1.807, 2.05) is 0 Å². The monoisotopic (exact) mass is 261 g/mol. The molecule has 1 saturated carbocycles. The molecule has 1 aliphatic carbocycles. The molecule has 1 N–H and O–H groups in total. The largest absolute Gasteiger partial charge is 0.348 e. The highest BCUT2D eigenvalue weighted by atomic mass is 16.7. The van der Waals surface area contributed by atoms with Gasteiger partial charge in [0.1, 0.15) is 0 Å². The molecule has 0 unspecified atom stereocenters. The SMILES string of the molecule is CC1(NCc2ccccc2)CCC2(CC1)OCCO2. The van der Waals surface area contributed by atoms with Crippen molar-refractivity contribution >= 4 is 0 Å². The van der Waals surface area contributed by atoms with E-state index in [2.05, 4.69) is 42.6 Å². The minimum Gasteiger partial charge on any atom is -0.348 e. The topological polar surface area (TPSA) is 30.5 Å². The molecule has 1 heterocycles. The van der Waals surface area contributed by atoms with E-state index in [-0.39, 0.29) is 11.3 Å². The van der Waals surface area contributed by atoms with Gasteiger partial charge in [0.25, 0.3) is 0 Å². The number of hydrogen-bond donors (Lipinski definition) is 1. The number of benzene rings is 1. The fourth-order valence-corrected chi connectivity index (χ4v) is 3.06. The van der Waals surface area contributed by atoms with Gasteiger partial charge in [0.2, 0.25) is 0 Å². The zero-order chi connectivity index (χ0) is 13.2. The van der Waals surface area contributed by atoms with Crippen molar-refractivity contribution in [2.45, 2.75) is 50.5 Å². The maximum absolute atomic E-state index is 5.79. The first-order valence-electron chi connectivity index (χ1n) is 7.27. The fraction of sp³-hybridized carbons (Fsp3) is 0.625. The van der Waals surface area contributed by atoms with Crippen LogP contribution in [0.4, 0.5) is 0 Å². The summed E-state index contributed by atoms with van der Waals surface area (Å²) in [4.78, 5) is 0. The van der Waals surface area contributed by atoms with Crippen molar-refractivity contribution in [3.05, 3.63) is 35.9 Å². The third-order valence-electron chi connectivity index (χ3n) is 4.49. The molecule has 3 heteroatoms. The summed E-state index contributed by atoms with van der Waals surface area (Å²) in [5.41, 5.74) is 1.55. The average Bonchev–Trinajstić information content (AvgIpc) is 2.91. The number of hydrogen-bond acceptors (Lipinski definition) is 3. The second-order valence-corrected chi connectivity index (χ2v) is 6.01. The van der Waals surface area contributed by atoms with Gasteiger partial charge in [-0.15, -0.1) is 0 Å². The molecule has 3 nitrogen and oxygen atoms in total. The van der Waals surface area contributed by atoms with Crippen LogP contribution in [0.3, 0.4) is 0 Å². The molecule has 19 heavy (non-hydrogen) atoms. The van der Waals surface area contributed by atoms with Crippen molar-refractivity contribution in [1.82, 2.24) is 5.32 Å². The molecule has 1 spiro atoms. The molecular weight excluding hydrogens is 238 g/mol. The van der Waals surface area contributed by atoms with E-state index in [9.17, 15) is 0 Å². The summed E-state index contributed by atoms with van der Waals surface area (Å²) >= 11 is 0. The zero-order valence-electron chi connectivity index (χ0n) is 11.7. The average molecular weight is 261 g/mol. The summed E-state index contributed by atoms with van der Waals surface area (Å²) in [6.07, 6.45) is 4.23. The van der Waals surface area contributed by atoms with Crippen LogP contribution in [0.25, 0.3) is 0 Å². The Morgan fingerprint density at radius 3 is 2.26 bits per heavy atom. The van der Waals surface area contributed by atoms with Gasteiger partial charge in [0.15, 0.2) is 5.79 Å². The molecule has 1 aromatic rings.